The molecule has 0 saturated carbocycles. The standard InChI is InChI=1S/C13H19N3O4/c1-5-7-10-8(3)9(4)12(15(17)18)13(16(19)20)11(10)14-6-2/h14H,5-7H2,1-4H3. The van der Waals surface area contributed by atoms with Gasteiger partial charge in [-0.15, -0.1) is 0 Å². The van der Waals surface area contributed by atoms with Crippen LogP contribution in [0, 0.1) is 34.1 Å². The van der Waals surface area contributed by atoms with Crippen molar-refractivity contribution in [1.29, 1.82) is 0 Å². The van der Waals surface area contributed by atoms with Crippen molar-refractivity contribution in [3.63, 3.8) is 0 Å². The number of nitro benzene ring substituents is 2. The zero-order valence-electron chi connectivity index (χ0n) is 12.1. The zero-order chi connectivity index (χ0) is 15.4. The SMILES string of the molecule is CCCc1c(C)c(C)c([N+](=O)[O-])c([N+](=O)[O-])c1NCC. The van der Waals surface area contributed by atoms with Gasteiger partial charge in [-0.2, -0.15) is 0 Å². The van der Waals surface area contributed by atoms with Gasteiger partial charge in [-0.3, -0.25) is 20.2 Å². The second kappa shape index (κ2) is 6.31. The minimum atomic E-state index is -0.670. The highest BCUT2D eigenvalue weighted by molar-refractivity contribution is 5.79. The van der Waals surface area contributed by atoms with Crippen molar-refractivity contribution in [2.75, 3.05) is 11.9 Å². The van der Waals surface area contributed by atoms with Crippen molar-refractivity contribution in [3.05, 3.63) is 36.9 Å². The molecule has 20 heavy (non-hydrogen) atoms. The van der Waals surface area contributed by atoms with Crippen molar-refractivity contribution >= 4 is 17.1 Å². The van der Waals surface area contributed by atoms with E-state index in [-0.39, 0.29) is 5.69 Å². The van der Waals surface area contributed by atoms with Gasteiger partial charge in [0.1, 0.15) is 5.69 Å². The van der Waals surface area contributed by atoms with Crippen molar-refractivity contribution in [3.8, 4) is 0 Å². The molecule has 0 radical (unpaired) electrons. The fraction of sp³-hybridized carbons (Fsp3) is 0.538. The molecule has 0 heterocycles. The van der Waals surface area contributed by atoms with Crippen LogP contribution in [0.4, 0.5) is 17.1 Å². The number of hydrogen-bond acceptors (Lipinski definition) is 5. The molecule has 0 aliphatic heterocycles. The predicted molar refractivity (Wildman–Crippen MR) is 77.4 cm³/mol. The molecule has 1 rings (SSSR count). The summed E-state index contributed by atoms with van der Waals surface area (Å²) in [6.07, 6.45) is 1.46. The summed E-state index contributed by atoms with van der Waals surface area (Å²) in [4.78, 5) is 21.2. The molecule has 0 amide bonds. The van der Waals surface area contributed by atoms with E-state index in [0.29, 0.717) is 18.5 Å². The lowest BCUT2D eigenvalue weighted by Crippen LogP contribution is -2.11. The Balaban J connectivity index is 3.81. The van der Waals surface area contributed by atoms with E-state index < -0.39 is 21.2 Å². The van der Waals surface area contributed by atoms with Crippen LogP contribution in [0.15, 0.2) is 0 Å². The highest BCUT2D eigenvalue weighted by Crippen LogP contribution is 2.42. The van der Waals surface area contributed by atoms with Gasteiger partial charge < -0.3 is 5.32 Å². The molecule has 0 fully saturated rings. The van der Waals surface area contributed by atoms with Crippen LogP contribution >= 0.6 is 0 Å². The Labute approximate surface area is 117 Å². The monoisotopic (exact) mass is 281 g/mol. The minimum Gasteiger partial charge on any atom is -0.379 e. The van der Waals surface area contributed by atoms with E-state index in [0.717, 1.165) is 17.5 Å². The lowest BCUT2D eigenvalue weighted by atomic mass is 9.94. The van der Waals surface area contributed by atoms with E-state index in [1.807, 2.05) is 6.92 Å². The molecule has 0 spiro atoms. The quantitative estimate of drug-likeness (QED) is 0.635. The van der Waals surface area contributed by atoms with Crippen LogP contribution in [-0.4, -0.2) is 16.4 Å². The lowest BCUT2D eigenvalue weighted by Gasteiger charge is -2.16. The molecule has 1 N–H and O–H groups in total. The van der Waals surface area contributed by atoms with Gasteiger partial charge in [0.2, 0.25) is 0 Å². The van der Waals surface area contributed by atoms with Crippen LogP contribution in [0.5, 0.6) is 0 Å². The summed E-state index contributed by atoms with van der Waals surface area (Å²) in [5.74, 6) is 0. The summed E-state index contributed by atoms with van der Waals surface area (Å²) < 4.78 is 0. The van der Waals surface area contributed by atoms with E-state index >= 15 is 0 Å². The first-order chi connectivity index (χ1) is 9.36. The zero-order valence-corrected chi connectivity index (χ0v) is 12.1. The lowest BCUT2D eigenvalue weighted by molar-refractivity contribution is -0.422. The molecule has 1 aromatic rings. The third kappa shape index (κ3) is 2.71. The number of nitro groups is 2. The first kappa shape index (κ1) is 15.9. The fourth-order valence-electron chi connectivity index (χ4n) is 2.36. The third-order valence-corrected chi connectivity index (χ3v) is 3.35. The van der Waals surface area contributed by atoms with E-state index in [9.17, 15) is 20.2 Å². The first-order valence-electron chi connectivity index (χ1n) is 6.55. The molecule has 7 nitrogen and oxygen atoms in total. The van der Waals surface area contributed by atoms with Gasteiger partial charge in [-0.05, 0) is 38.3 Å². The van der Waals surface area contributed by atoms with Gasteiger partial charge in [0.25, 0.3) is 0 Å². The van der Waals surface area contributed by atoms with Crippen LogP contribution in [0.25, 0.3) is 0 Å². The summed E-state index contributed by atoms with van der Waals surface area (Å²) >= 11 is 0. The second-order valence-corrected chi connectivity index (χ2v) is 4.60. The van der Waals surface area contributed by atoms with Crippen LogP contribution < -0.4 is 5.32 Å². The van der Waals surface area contributed by atoms with Gasteiger partial charge in [-0.25, -0.2) is 0 Å². The Morgan fingerprint density at radius 2 is 1.55 bits per heavy atom. The first-order valence-corrected chi connectivity index (χ1v) is 6.55. The summed E-state index contributed by atoms with van der Waals surface area (Å²) in [5, 5.41) is 25.4. The summed E-state index contributed by atoms with van der Waals surface area (Å²) in [6.45, 7) is 7.59. The number of hydrogen-bond donors (Lipinski definition) is 1. The average Bonchev–Trinajstić information content (AvgIpc) is 2.37. The predicted octanol–water partition coefficient (Wildman–Crippen LogP) is 3.50. The van der Waals surface area contributed by atoms with Gasteiger partial charge in [0.15, 0.2) is 0 Å². The third-order valence-electron chi connectivity index (χ3n) is 3.35. The summed E-state index contributed by atoms with van der Waals surface area (Å²) in [7, 11) is 0. The molecule has 0 atom stereocenters. The number of nitrogens with zero attached hydrogens (tertiary/aromatic N) is 2. The Morgan fingerprint density at radius 3 is 1.95 bits per heavy atom. The topological polar surface area (TPSA) is 98.3 Å². The molecule has 0 unspecified atom stereocenters. The molecule has 110 valence electrons. The average molecular weight is 281 g/mol. The van der Waals surface area contributed by atoms with Crippen molar-refractivity contribution in [2.24, 2.45) is 0 Å². The fourth-order valence-corrected chi connectivity index (χ4v) is 2.36. The summed E-state index contributed by atoms with van der Waals surface area (Å²) in [5.41, 5.74) is 1.36. The number of rotatable bonds is 6. The van der Waals surface area contributed by atoms with Crippen molar-refractivity contribution < 1.29 is 9.85 Å². The summed E-state index contributed by atoms with van der Waals surface area (Å²) in [6, 6.07) is 0. The Kier molecular flexibility index (Phi) is 5.01. The highest BCUT2D eigenvalue weighted by Gasteiger charge is 2.34. The van der Waals surface area contributed by atoms with Crippen molar-refractivity contribution in [1.82, 2.24) is 0 Å². The van der Waals surface area contributed by atoms with Gasteiger partial charge in [0.05, 0.1) is 9.85 Å². The normalized spacial score (nSPS) is 10.4. The molecule has 1 aromatic carbocycles. The maximum atomic E-state index is 11.3. The second-order valence-electron chi connectivity index (χ2n) is 4.60. The molecule has 0 aromatic heterocycles. The molecule has 0 saturated heterocycles. The number of benzene rings is 1. The van der Waals surface area contributed by atoms with Crippen LogP contribution in [-0.2, 0) is 6.42 Å². The van der Waals surface area contributed by atoms with E-state index in [1.54, 1.807) is 20.8 Å². The molecular formula is C13H19N3O4. The van der Waals surface area contributed by atoms with E-state index in [1.165, 1.54) is 0 Å². The van der Waals surface area contributed by atoms with Crippen molar-refractivity contribution in [2.45, 2.75) is 40.5 Å². The molecular weight excluding hydrogens is 262 g/mol. The maximum Gasteiger partial charge on any atom is 0.369 e. The Hall–Kier alpha value is -2.18. The van der Waals surface area contributed by atoms with Gasteiger partial charge >= 0.3 is 11.4 Å². The molecule has 0 aliphatic carbocycles. The number of nitrogens with one attached hydrogen (secondary N) is 1. The van der Waals surface area contributed by atoms with Crippen LogP contribution in [0.3, 0.4) is 0 Å². The van der Waals surface area contributed by atoms with Crippen LogP contribution in [0.2, 0.25) is 0 Å². The minimum absolute atomic E-state index is 0.286. The maximum absolute atomic E-state index is 11.3. The smallest absolute Gasteiger partial charge is 0.369 e. The Bertz CT molecular complexity index is 555. The molecule has 7 heteroatoms. The number of anilines is 1. The molecule has 0 bridgehead atoms. The highest BCUT2D eigenvalue weighted by atomic mass is 16.6. The van der Waals surface area contributed by atoms with E-state index in [4.69, 9.17) is 0 Å². The van der Waals surface area contributed by atoms with Crippen LogP contribution in [0.1, 0.15) is 37.0 Å². The Morgan fingerprint density at radius 1 is 1.00 bits per heavy atom. The largest absolute Gasteiger partial charge is 0.379 e. The molecule has 0 aliphatic rings. The van der Waals surface area contributed by atoms with E-state index in [2.05, 4.69) is 5.32 Å². The van der Waals surface area contributed by atoms with Gasteiger partial charge in [0, 0.05) is 12.1 Å². The van der Waals surface area contributed by atoms with Gasteiger partial charge in [-0.1, -0.05) is 13.3 Å².